The molecule has 5 nitrogen and oxygen atoms in total. The molecule has 5 heteroatoms. The van der Waals surface area contributed by atoms with Gasteiger partial charge in [-0.05, 0) is 36.8 Å². The lowest BCUT2D eigenvalue weighted by atomic mass is 10.0. The Morgan fingerprint density at radius 1 is 1.35 bits per heavy atom. The van der Waals surface area contributed by atoms with Crippen LogP contribution in [0, 0.1) is 6.92 Å². The SMILES string of the molecule is Cc1cc(NC(=O)N(Cc2ccc(C(C)C)cc2)C2CC2)no1. The number of nitrogens with one attached hydrogen (secondary N) is 1. The maximum atomic E-state index is 12.5. The second-order valence-corrected chi connectivity index (χ2v) is 6.51. The second kappa shape index (κ2) is 6.44. The lowest BCUT2D eigenvalue weighted by Gasteiger charge is -2.22. The van der Waals surface area contributed by atoms with Gasteiger partial charge in [-0.1, -0.05) is 43.3 Å². The van der Waals surface area contributed by atoms with Gasteiger partial charge in [0, 0.05) is 18.7 Å². The van der Waals surface area contributed by atoms with E-state index in [2.05, 4.69) is 48.6 Å². The van der Waals surface area contributed by atoms with Crippen LogP contribution in [0.3, 0.4) is 0 Å². The normalized spacial score (nSPS) is 14.1. The van der Waals surface area contributed by atoms with E-state index >= 15 is 0 Å². The van der Waals surface area contributed by atoms with E-state index in [1.807, 2.05) is 4.90 Å². The molecular formula is C18H23N3O2. The van der Waals surface area contributed by atoms with Gasteiger partial charge in [-0.15, -0.1) is 0 Å². The highest BCUT2D eigenvalue weighted by atomic mass is 16.5. The van der Waals surface area contributed by atoms with Crippen molar-refractivity contribution < 1.29 is 9.32 Å². The number of carbonyl (C=O) groups excluding carboxylic acids is 1. The molecule has 1 saturated carbocycles. The molecule has 23 heavy (non-hydrogen) atoms. The fourth-order valence-electron chi connectivity index (χ4n) is 2.56. The predicted molar refractivity (Wildman–Crippen MR) is 89.4 cm³/mol. The largest absolute Gasteiger partial charge is 0.360 e. The Morgan fingerprint density at radius 3 is 2.57 bits per heavy atom. The molecule has 1 aliphatic rings. The van der Waals surface area contributed by atoms with E-state index in [9.17, 15) is 4.79 Å². The zero-order valence-electron chi connectivity index (χ0n) is 13.9. The summed E-state index contributed by atoms with van der Waals surface area (Å²) in [7, 11) is 0. The van der Waals surface area contributed by atoms with Crippen molar-refractivity contribution in [2.75, 3.05) is 5.32 Å². The van der Waals surface area contributed by atoms with Crippen LogP contribution in [0.4, 0.5) is 10.6 Å². The average Bonchev–Trinajstić information content (AvgIpc) is 3.28. The molecule has 1 aromatic carbocycles. The van der Waals surface area contributed by atoms with Gasteiger partial charge in [0.15, 0.2) is 5.82 Å². The topological polar surface area (TPSA) is 58.4 Å². The Labute approximate surface area is 136 Å². The zero-order valence-corrected chi connectivity index (χ0v) is 13.9. The van der Waals surface area contributed by atoms with Crippen molar-refractivity contribution in [1.82, 2.24) is 10.1 Å². The monoisotopic (exact) mass is 313 g/mol. The summed E-state index contributed by atoms with van der Waals surface area (Å²) in [5, 5.41) is 6.64. The number of aromatic nitrogens is 1. The van der Waals surface area contributed by atoms with Gasteiger partial charge in [-0.3, -0.25) is 5.32 Å². The van der Waals surface area contributed by atoms with Crippen LogP contribution in [0.25, 0.3) is 0 Å². The van der Waals surface area contributed by atoms with Crippen molar-refractivity contribution in [3.05, 3.63) is 47.2 Å². The first-order valence-electron chi connectivity index (χ1n) is 8.12. The highest BCUT2D eigenvalue weighted by Gasteiger charge is 2.33. The molecule has 0 saturated heterocycles. The average molecular weight is 313 g/mol. The van der Waals surface area contributed by atoms with Gasteiger partial charge in [0.05, 0.1) is 0 Å². The van der Waals surface area contributed by atoms with Gasteiger partial charge in [0.2, 0.25) is 0 Å². The molecule has 2 aromatic rings. The summed E-state index contributed by atoms with van der Waals surface area (Å²) < 4.78 is 4.99. The summed E-state index contributed by atoms with van der Waals surface area (Å²) >= 11 is 0. The number of aryl methyl sites for hydroxylation is 1. The molecule has 122 valence electrons. The van der Waals surface area contributed by atoms with E-state index in [0.717, 1.165) is 18.4 Å². The van der Waals surface area contributed by atoms with Gasteiger partial charge in [-0.2, -0.15) is 0 Å². The minimum absolute atomic E-state index is 0.117. The lowest BCUT2D eigenvalue weighted by Crippen LogP contribution is -2.36. The minimum Gasteiger partial charge on any atom is -0.360 e. The van der Waals surface area contributed by atoms with Crippen LogP contribution in [0.2, 0.25) is 0 Å². The molecule has 0 atom stereocenters. The third-order valence-electron chi connectivity index (χ3n) is 4.11. The Morgan fingerprint density at radius 2 is 2.04 bits per heavy atom. The van der Waals surface area contributed by atoms with Gasteiger partial charge in [0.1, 0.15) is 5.76 Å². The van der Waals surface area contributed by atoms with E-state index in [0.29, 0.717) is 30.1 Å². The second-order valence-electron chi connectivity index (χ2n) is 6.51. The summed E-state index contributed by atoms with van der Waals surface area (Å²) in [5.74, 6) is 1.66. The summed E-state index contributed by atoms with van der Waals surface area (Å²) in [6, 6.07) is 10.4. The quantitative estimate of drug-likeness (QED) is 0.895. The number of rotatable bonds is 5. The Hall–Kier alpha value is -2.30. The highest BCUT2D eigenvalue weighted by Crippen LogP contribution is 2.29. The lowest BCUT2D eigenvalue weighted by molar-refractivity contribution is 0.206. The third-order valence-corrected chi connectivity index (χ3v) is 4.11. The molecule has 0 unspecified atom stereocenters. The number of amides is 2. The van der Waals surface area contributed by atoms with Gasteiger partial charge < -0.3 is 9.42 Å². The molecule has 1 aromatic heterocycles. The number of nitrogens with zero attached hydrogens (tertiary/aromatic N) is 2. The molecule has 1 aliphatic carbocycles. The van der Waals surface area contributed by atoms with E-state index in [-0.39, 0.29) is 6.03 Å². The van der Waals surface area contributed by atoms with E-state index in [4.69, 9.17) is 4.52 Å². The fourth-order valence-corrected chi connectivity index (χ4v) is 2.56. The first-order chi connectivity index (χ1) is 11.0. The number of hydrogen-bond donors (Lipinski definition) is 1. The Balaban J connectivity index is 1.67. The number of benzene rings is 1. The van der Waals surface area contributed by atoms with Crippen LogP contribution in [-0.2, 0) is 6.54 Å². The third kappa shape index (κ3) is 3.92. The van der Waals surface area contributed by atoms with Crippen molar-refractivity contribution in [1.29, 1.82) is 0 Å². The summed E-state index contributed by atoms with van der Waals surface area (Å²) in [6.07, 6.45) is 2.13. The van der Waals surface area contributed by atoms with Crippen molar-refractivity contribution in [2.45, 2.75) is 52.1 Å². The van der Waals surface area contributed by atoms with Crippen molar-refractivity contribution in [3.63, 3.8) is 0 Å². The standard InChI is InChI=1S/C18H23N3O2/c1-12(2)15-6-4-14(5-7-15)11-21(16-8-9-16)18(22)19-17-10-13(3)23-20-17/h4-7,10,12,16H,8-9,11H2,1-3H3,(H,19,20,22). The molecule has 3 rings (SSSR count). The number of hydrogen-bond acceptors (Lipinski definition) is 3. The summed E-state index contributed by atoms with van der Waals surface area (Å²) in [4.78, 5) is 14.4. The zero-order chi connectivity index (χ0) is 16.4. The molecule has 2 amide bonds. The number of anilines is 1. The van der Waals surface area contributed by atoms with Crippen LogP contribution in [0.15, 0.2) is 34.9 Å². The predicted octanol–water partition coefficient (Wildman–Crippen LogP) is 4.30. The van der Waals surface area contributed by atoms with Crippen molar-refractivity contribution in [2.24, 2.45) is 0 Å². The van der Waals surface area contributed by atoms with E-state index in [1.54, 1.807) is 13.0 Å². The Kier molecular flexibility index (Phi) is 4.37. The molecule has 0 spiro atoms. The molecule has 1 N–H and O–H groups in total. The number of urea groups is 1. The van der Waals surface area contributed by atoms with Gasteiger partial charge >= 0.3 is 6.03 Å². The number of carbonyl (C=O) groups is 1. The maximum Gasteiger partial charge on any atom is 0.323 e. The van der Waals surface area contributed by atoms with Crippen LogP contribution in [0.1, 0.15) is 49.5 Å². The van der Waals surface area contributed by atoms with Crippen LogP contribution >= 0.6 is 0 Å². The van der Waals surface area contributed by atoms with Crippen molar-refractivity contribution in [3.8, 4) is 0 Å². The van der Waals surface area contributed by atoms with Gasteiger partial charge in [-0.25, -0.2) is 4.79 Å². The summed E-state index contributed by atoms with van der Waals surface area (Å²) in [5.41, 5.74) is 2.46. The molecule has 0 bridgehead atoms. The molecule has 1 heterocycles. The minimum atomic E-state index is -0.117. The first kappa shape index (κ1) is 15.6. The van der Waals surface area contributed by atoms with Crippen molar-refractivity contribution >= 4 is 11.8 Å². The molecule has 0 radical (unpaired) electrons. The maximum absolute atomic E-state index is 12.5. The highest BCUT2D eigenvalue weighted by molar-refractivity contribution is 5.88. The summed E-state index contributed by atoms with van der Waals surface area (Å²) in [6.45, 7) is 6.78. The van der Waals surface area contributed by atoms with Crippen LogP contribution < -0.4 is 5.32 Å². The molecule has 1 fully saturated rings. The first-order valence-corrected chi connectivity index (χ1v) is 8.12. The van der Waals surface area contributed by atoms with Crippen LogP contribution in [0.5, 0.6) is 0 Å². The molecule has 0 aliphatic heterocycles. The van der Waals surface area contributed by atoms with Crippen LogP contribution in [-0.4, -0.2) is 22.1 Å². The van der Waals surface area contributed by atoms with E-state index < -0.39 is 0 Å². The smallest absolute Gasteiger partial charge is 0.323 e. The molecular weight excluding hydrogens is 290 g/mol. The Bertz CT molecular complexity index is 672. The van der Waals surface area contributed by atoms with Gasteiger partial charge in [0.25, 0.3) is 0 Å². The van der Waals surface area contributed by atoms with E-state index in [1.165, 1.54) is 5.56 Å². The fraction of sp³-hybridized carbons (Fsp3) is 0.444.